The number of thioether (sulfide) groups is 1. The number of hydrogen-bond acceptors (Lipinski definition) is 4. The van der Waals surface area contributed by atoms with Gasteiger partial charge in [-0.1, -0.05) is 23.7 Å². The van der Waals surface area contributed by atoms with E-state index in [4.69, 9.17) is 16.3 Å². The molecule has 0 radical (unpaired) electrons. The summed E-state index contributed by atoms with van der Waals surface area (Å²) in [6.07, 6.45) is 1.70. The normalized spacial score (nSPS) is 12.1. The van der Waals surface area contributed by atoms with E-state index < -0.39 is 0 Å². The molecule has 1 aromatic heterocycles. The van der Waals surface area contributed by atoms with Gasteiger partial charge in [-0.2, -0.15) is 0 Å². The molecule has 1 atom stereocenters. The molecule has 0 amide bonds. The highest BCUT2D eigenvalue weighted by Crippen LogP contribution is 2.24. The minimum Gasteiger partial charge on any atom is -0.384 e. The Morgan fingerprint density at radius 2 is 2.05 bits per heavy atom. The lowest BCUT2D eigenvalue weighted by Gasteiger charge is -2.16. The number of ether oxygens (including phenoxy) is 1. The van der Waals surface area contributed by atoms with Crippen molar-refractivity contribution in [2.75, 3.05) is 24.8 Å². The second kappa shape index (κ2) is 8.27. The smallest absolute Gasteiger partial charge is 0.131 e. The number of hydrogen-bond donors (Lipinski definition) is 1. The van der Waals surface area contributed by atoms with E-state index in [1.54, 1.807) is 25.1 Å². The van der Waals surface area contributed by atoms with Gasteiger partial charge < -0.3 is 10.1 Å². The Bertz CT molecular complexity index is 562. The predicted molar refractivity (Wildman–Crippen MR) is 90.3 cm³/mol. The zero-order chi connectivity index (χ0) is 15.1. The zero-order valence-corrected chi connectivity index (χ0v) is 13.7. The topological polar surface area (TPSA) is 34.1 Å². The number of anilines is 1. The van der Waals surface area contributed by atoms with E-state index in [1.165, 1.54) is 10.5 Å². The summed E-state index contributed by atoms with van der Waals surface area (Å²) in [5.41, 5.74) is 2.21. The van der Waals surface area contributed by atoms with Gasteiger partial charge in [-0.05, 0) is 36.8 Å². The SMILES string of the molecule is COCCSc1ccc(C(C)Nc2ccnc(Cl)c2)cc1. The highest BCUT2D eigenvalue weighted by atomic mass is 35.5. The first kappa shape index (κ1) is 16.1. The number of aromatic nitrogens is 1. The Morgan fingerprint density at radius 1 is 1.29 bits per heavy atom. The molecule has 0 aliphatic heterocycles. The number of halogens is 1. The summed E-state index contributed by atoms with van der Waals surface area (Å²) in [6.45, 7) is 2.90. The van der Waals surface area contributed by atoms with Gasteiger partial charge >= 0.3 is 0 Å². The van der Waals surface area contributed by atoms with Gasteiger partial charge in [0, 0.05) is 35.7 Å². The van der Waals surface area contributed by atoms with Crippen LogP contribution < -0.4 is 5.32 Å². The van der Waals surface area contributed by atoms with Crippen LogP contribution in [-0.2, 0) is 4.74 Å². The zero-order valence-electron chi connectivity index (χ0n) is 12.2. The molecule has 1 heterocycles. The van der Waals surface area contributed by atoms with Crippen LogP contribution in [0.4, 0.5) is 5.69 Å². The quantitative estimate of drug-likeness (QED) is 0.457. The third-order valence-corrected chi connectivity index (χ3v) is 4.23. The van der Waals surface area contributed by atoms with Gasteiger partial charge in [0.2, 0.25) is 0 Å². The summed E-state index contributed by atoms with van der Waals surface area (Å²) in [6, 6.07) is 12.5. The van der Waals surface area contributed by atoms with Crippen molar-refractivity contribution in [2.45, 2.75) is 17.9 Å². The number of nitrogens with one attached hydrogen (secondary N) is 1. The largest absolute Gasteiger partial charge is 0.384 e. The lowest BCUT2D eigenvalue weighted by atomic mass is 10.1. The molecule has 2 aromatic rings. The van der Waals surface area contributed by atoms with Gasteiger partial charge in [0.25, 0.3) is 0 Å². The van der Waals surface area contributed by atoms with E-state index in [2.05, 4.69) is 41.5 Å². The highest BCUT2D eigenvalue weighted by molar-refractivity contribution is 7.99. The molecular weight excluding hydrogens is 304 g/mol. The van der Waals surface area contributed by atoms with Crippen molar-refractivity contribution < 1.29 is 4.74 Å². The number of nitrogens with zero attached hydrogens (tertiary/aromatic N) is 1. The summed E-state index contributed by atoms with van der Waals surface area (Å²) >= 11 is 7.69. The van der Waals surface area contributed by atoms with Crippen molar-refractivity contribution in [1.82, 2.24) is 4.98 Å². The molecule has 1 aromatic carbocycles. The fourth-order valence-electron chi connectivity index (χ4n) is 1.92. The summed E-state index contributed by atoms with van der Waals surface area (Å²) in [5, 5.41) is 3.92. The molecule has 0 bridgehead atoms. The molecule has 21 heavy (non-hydrogen) atoms. The number of rotatable bonds is 7. The maximum absolute atomic E-state index is 5.89. The minimum atomic E-state index is 0.210. The highest BCUT2D eigenvalue weighted by Gasteiger charge is 2.06. The molecule has 1 unspecified atom stereocenters. The van der Waals surface area contributed by atoms with Gasteiger partial charge in [0.15, 0.2) is 0 Å². The average molecular weight is 323 g/mol. The Labute approximate surface area is 135 Å². The molecule has 3 nitrogen and oxygen atoms in total. The second-order valence-electron chi connectivity index (χ2n) is 4.64. The van der Waals surface area contributed by atoms with E-state index >= 15 is 0 Å². The molecular formula is C16H19ClN2OS. The molecule has 0 fully saturated rings. The average Bonchev–Trinajstić information content (AvgIpc) is 2.48. The molecule has 0 spiro atoms. The van der Waals surface area contributed by atoms with Crippen LogP contribution in [0.1, 0.15) is 18.5 Å². The Hall–Kier alpha value is -1.23. The van der Waals surface area contributed by atoms with Gasteiger partial charge in [0.05, 0.1) is 6.61 Å². The van der Waals surface area contributed by atoms with Crippen molar-refractivity contribution in [3.05, 3.63) is 53.3 Å². The van der Waals surface area contributed by atoms with Crippen molar-refractivity contribution in [1.29, 1.82) is 0 Å². The Balaban J connectivity index is 1.94. The molecule has 112 valence electrons. The summed E-state index contributed by atoms with van der Waals surface area (Å²) < 4.78 is 5.05. The van der Waals surface area contributed by atoms with E-state index in [0.717, 1.165) is 18.0 Å². The first-order valence-electron chi connectivity index (χ1n) is 6.79. The standard InChI is InChI=1S/C16H19ClN2OS/c1-12(19-14-7-8-18-16(17)11-14)13-3-5-15(6-4-13)21-10-9-20-2/h3-8,11-12H,9-10H2,1-2H3,(H,18,19). The van der Waals surface area contributed by atoms with Gasteiger partial charge in [-0.25, -0.2) is 4.98 Å². The van der Waals surface area contributed by atoms with Crippen LogP contribution in [0.2, 0.25) is 5.15 Å². The summed E-state index contributed by atoms with van der Waals surface area (Å²) in [4.78, 5) is 5.24. The third-order valence-electron chi connectivity index (χ3n) is 3.05. The molecule has 1 N–H and O–H groups in total. The van der Waals surface area contributed by atoms with Gasteiger partial charge in [-0.3, -0.25) is 0 Å². The van der Waals surface area contributed by atoms with Crippen LogP contribution in [0.5, 0.6) is 0 Å². The van der Waals surface area contributed by atoms with Gasteiger partial charge in [-0.15, -0.1) is 11.8 Å². The number of pyridine rings is 1. The van der Waals surface area contributed by atoms with Crippen LogP contribution in [0.3, 0.4) is 0 Å². The van der Waals surface area contributed by atoms with E-state index in [9.17, 15) is 0 Å². The Kier molecular flexibility index (Phi) is 6.36. The number of benzene rings is 1. The molecule has 0 saturated heterocycles. The number of methoxy groups -OCH3 is 1. The van der Waals surface area contributed by atoms with Gasteiger partial charge in [0.1, 0.15) is 5.15 Å². The maximum Gasteiger partial charge on any atom is 0.131 e. The van der Waals surface area contributed by atoms with Crippen molar-refractivity contribution in [2.24, 2.45) is 0 Å². The molecule has 5 heteroatoms. The lowest BCUT2D eigenvalue weighted by Crippen LogP contribution is -2.06. The first-order valence-corrected chi connectivity index (χ1v) is 8.15. The molecule has 2 rings (SSSR count). The van der Waals surface area contributed by atoms with Crippen LogP contribution in [-0.4, -0.2) is 24.5 Å². The fraction of sp³-hybridized carbons (Fsp3) is 0.312. The lowest BCUT2D eigenvalue weighted by molar-refractivity contribution is 0.218. The second-order valence-corrected chi connectivity index (χ2v) is 6.20. The Morgan fingerprint density at radius 3 is 2.71 bits per heavy atom. The van der Waals surface area contributed by atoms with E-state index in [-0.39, 0.29) is 6.04 Å². The van der Waals surface area contributed by atoms with Crippen molar-refractivity contribution in [3.8, 4) is 0 Å². The summed E-state index contributed by atoms with van der Waals surface area (Å²) in [7, 11) is 1.72. The molecule has 0 saturated carbocycles. The third kappa shape index (κ3) is 5.23. The van der Waals surface area contributed by atoms with Crippen molar-refractivity contribution >= 4 is 29.1 Å². The monoisotopic (exact) mass is 322 g/mol. The van der Waals surface area contributed by atoms with Crippen LogP contribution in [0.15, 0.2) is 47.5 Å². The first-order chi connectivity index (χ1) is 10.2. The van der Waals surface area contributed by atoms with E-state index in [0.29, 0.717) is 5.15 Å². The molecule has 0 aliphatic carbocycles. The minimum absolute atomic E-state index is 0.210. The predicted octanol–water partition coefficient (Wildman–Crippen LogP) is 4.65. The summed E-state index contributed by atoms with van der Waals surface area (Å²) in [5.74, 6) is 0.971. The maximum atomic E-state index is 5.89. The van der Waals surface area contributed by atoms with Crippen molar-refractivity contribution in [3.63, 3.8) is 0 Å². The van der Waals surface area contributed by atoms with Crippen LogP contribution in [0.25, 0.3) is 0 Å². The van der Waals surface area contributed by atoms with E-state index in [1.807, 2.05) is 12.1 Å². The molecule has 0 aliphatic rings. The van der Waals surface area contributed by atoms with Crippen LogP contribution in [0, 0.1) is 0 Å². The van der Waals surface area contributed by atoms with Crippen LogP contribution >= 0.6 is 23.4 Å². The fourth-order valence-corrected chi connectivity index (χ4v) is 2.91.